The second-order valence-electron chi connectivity index (χ2n) is 5.06. The van der Waals surface area contributed by atoms with Gasteiger partial charge >= 0.3 is 0 Å². The molecule has 0 saturated heterocycles. The first-order valence-electron chi connectivity index (χ1n) is 6.89. The second kappa shape index (κ2) is 7.65. The molecule has 1 rings (SSSR count). The van der Waals surface area contributed by atoms with Crippen LogP contribution in [0.2, 0.25) is 0 Å². The van der Waals surface area contributed by atoms with E-state index < -0.39 is 0 Å². The summed E-state index contributed by atoms with van der Waals surface area (Å²) >= 11 is 0. The number of nitrogens with two attached hydrogens (primary N) is 1. The van der Waals surface area contributed by atoms with Crippen LogP contribution in [0.5, 0.6) is 0 Å². The zero-order valence-electron chi connectivity index (χ0n) is 12.3. The molecule has 0 spiro atoms. The van der Waals surface area contributed by atoms with Crippen molar-refractivity contribution in [3.05, 3.63) is 29.8 Å². The van der Waals surface area contributed by atoms with Crippen molar-refractivity contribution in [2.45, 2.75) is 45.7 Å². The lowest BCUT2D eigenvalue weighted by Crippen LogP contribution is -2.33. The molecule has 0 fully saturated rings. The Labute approximate surface area is 119 Å². The van der Waals surface area contributed by atoms with Crippen LogP contribution < -0.4 is 16.4 Å². The Morgan fingerprint density at radius 3 is 2.50 bits per heavy atom. The number of carbonyl (C=O) groups excluding carboxylic acids is 2. The lowest BCUT2D eigenvalue weighted by Gasteiger charge is -2.15. The van der Waals surface area contributed by atoms with Gasteiger partial charge in [0.05, 0.1) is 11.3 Å². The molecule has 2 unspecified atom stereocenters. The van der Waals surface area contributed by atoms with Crippen molar-refractivity contribution in [1.82, 2.24) is 5.32 Å². The highest BCUT2D eigenvalue weighted by atomic mass is 16.2. The number of rotatable bonds is 6. The lowest BCUT2D eigenvalue weighted by molar-refractivity contribution is -0.116. The molecule has 0 aromatic heterocycles. The fourth-order valence-corrected chi connectivity index (χ4v) is 1.69. The fourth-order valence-electron chi connectivity index (χ4n) is 1.69. The molecule has 110 valence electrons. The van der Waals surface area contributed by atoms with Gasteiger partial charge in [0.2, 0.25) is 5.91 Å². The molecule has 0 bridgehead atoms. The van der Waals surface area contributed by atoms with E-state index in [1.165, 1.54) is 0 Å². The van der Waals surface area contributed by atoms with E-state index in [4.69, 9.17) is 5.73 Å². The minimum Gasteiger partial charge on any atom is -0.350 e. The molecule has 20 heavy (non-hydrogen) atoms. The maximum Gasteiger partial charge on any atom is 0.253 e. The highest BCUT2D eigenvalue weighted by Crippen LogP contribution is 2.15. The van der Waals surface area contributed by atoms with E-state index in [9.17, 15) is 9.59 Å². The molecular weight excluding hydrogens is 254 g/mol. The Balaban J connectivity index is 2.82. The molecule has 5 nitrogen and oxygen atoms in total. The van der Waals surface area contributed by atoms with Crippen LogP contribution in [0.1, 0.15) is 44.0 Å². The molecular formula is C15H23N3O2. The van der Waals surface area contributed by atoms with Crippen LogP contribution in [0.3, 0.4) is 0 Å². The summed E-state index contributed by atoms with van der Waals surface area (Å²) in [5.41, 5.74) is 6.57. The molecule has 2 atom stereocenters. The summed E-state index contributed by atoms with van der Waals surface area (Å²) in [7, 11) is 0. The van der Waals surface area contributed by atoms with Crippen molar-refractivity contribution in [3.8, 4) is 0 Å². The summed E-state index contributed by atoms with van der Waals surface area (Å²) in [5, 5.41) is 5.62. The van der Waals surface area contributed by atoms with Crippen LogP contribution in [0, 0.1) is 0 Å². The normalized spacial score (nSPS) is 13.4. The van der Waals surface area contributed by atoms with Crippen molar-refractivity contribution >= 4 is 17.5 Å². The SMILES string of the molecule is CCC(C)NC(=O)c1ccccc1NC(=O)CC(C)N. The van der Waals surface area contributed by atoms with Crippen LogP contribution in [0.25, 0.3) is 0 Å². The zero-order valence-corrected chi connectivity index (χ0v) is 12.3. The van der Waals surface area contributed by atoms with Crippen molar-refractivity contribution in [2.75, 3.05) is 5.32 Å². The molecule has 0 aliphatic carbocycles. The summed E-state index contributed by atoms with van der Waals surface area (Å²) < 4.78 is 0. The molecule has 0 heterocycles. The van der Waals surface area contributed by atoms with Crippen molar-refractivity contribution in [3.63, 3.8) is 0 Å². The molecule has 0 saturated carbocycles. The highest BCUT2D eigenvalue weighted by molar-refractivity contribution is 6.03. The average Bonchev–Trinajstić information content (AvgIpc) is 2.37. The monoisotopic (exact) mass is 277 g/mol. The third-order valence-corrected chi connectivity index (χ3v) is 2.94. The summed E-state index contributed by atoms with van der Waals surface area (Å²) in [6.07, 6.45) is 1.08. The lowest BCUT2D eigenvalue weighted by atomic mass is 10.1. The Kier molecular flexibility index (Phi) is 6.18. The largest absolute Gasteiger partial charge is 0.350 e. The smallest absolute Gasteiger partial charge is 0.253 e. The van der Waals surface area contributed by atoms with Crippen molar-refractivity contribution in [1.29, 1.82) is 0 Å². The Hall–Kier alpha value is -1.88. The van der Waals surface area contributed by atoms with E-state index in [0.717, 1.165) is 6.42 Å². The van der Waals surface area contributed by atoms with Crippen LogP contribution in [0.4, 0.5) is 5.69 Å². The maximum atomic E-state index is 12.2. The Morgan fingerprint density at radius 2 is 1.90 bits per heavy atom. The van der Waals surface area contributed by atoms with E-state index in [1.54, 1.807) is 31.2 Å². The molecule has 1 aromatic rings. The standard InChI is InChI=1S/C15H23N3O2/c1-4-11(3)17-15(20)12-7-5-6-8-13(12)18-14(19)9-10(2)16/h5-8,10-11H,4,9,16H2,1-3H3,(H,17,20)(H,18,19). The molecule has 0 radical (unpaired) electrons. The van der Waals surface area contributed by atoms with Gasteiger partial charge in [0.1, 0.15) is 0 Å². The second-order valence-corrected chi connectivity index (χ2v) is 5.06. The van der Waals surface area contributed by atoms with Gasteiger partial charge in [-0.15, -0.1) is 0 Å². The Bertz CT molecular complexity index is 472. The van der Waals surface area contributed by atoms with Gasteiger partial charge in [-0.2, -0.15) is 0 Å². The summed E-state index contributed by atoms with van der Waals surface area (Å²) in [4.78, 5) is 23.9. The van der Waals surface area contributed by atoms with E-state index in [1.807, 2.05) is 13.8 Å². The van der Waals surface area contributed by atoms with E-state index >= 15 is 0 Å². The first-order valence-corrected chi connectivity index (χ1v) is 6.89. The van der Waals surface area contributed by atoms with Gasteiger partial charge in [-0.25, -0.2) is 0 Å². The van der Waals surface area contributed by atoms with Crippen LogP contribution in [0.15, 0.2) is 24.3 Å². The predicted molar refractivity (Wildman–Crippen MR) is 80.6 cm³/mol. The number of anilines is 1. The first-order chi connectivity index (χ1) is 9.43. The molecule has 2 amide bonds. The number of hydrogen-bond donors (Lipinski definition) is 3. The van der Waals surface area contributed by atoms with Gasteiger partial charge in [0.15, 0.2) is 0 Å². The van der Waals surface area contributed by atoms with Gasteiger partial charge in [-0.1, -0.05) is 19.1 Å². The Morgan fingerprint density at radius 1 is 1.25 bits per heavy atom. The summed E-state index contributed by atoms with van der Waals surface area (Å²) in [6.45, 7) is 5.71. The zero-order chi connectivity index (χ0) is 15.1. The van der Waals surface area contributed by atoms with Gasteiger partial charge < -0.3 is 16.4 Å². The maximum absolute atomic E-state index is 12.2. The number of hydrogen-bond acceptors (Lipinski definition) is 3. The van der Waals surface area contributed by atoms with Crippen LogP contribution in [-0.2, 0) is 4.79 Å². The quantitative estimate of drug-likeness (QED) is 0.742. The molecule has 1 aromatic carbocycles. The van der Waals surface area contributed by atoms with E-state index in [0.29, 0.717) is 11.3 Å². The highest BCUT2D eigenvalue weighted by Gasteiger charge is 2.14. The van der Waals surface area contributed by atoms with E-state index in [2.05, 4.69) is 10.6 Å². The predicted octanol–water partition coefficient (Wildman–Crippen LogP) is 1.89. The minimum atomic E-state index is -0.212. The van der Waals surface area contributed by atoms with Crippen LogP contribution >= 0.6 is 0 Å². The molecule has 0 aliphatic rings. The topological polar surface area (TPSA) is 84.2 Å². The van der Waals surface area contributed by atoms with Crippen LogP contribution in [-0.4, -0.2) is 23.9 Å². The van der Waals surface area contributed by atoms with Gasteiger partial charge in [-0.05, 0) is 32.4 Å². The van der Waals surface area contributed by atoms with E-state index in [-0.39, 0.29) is 30.3 Å². The number of para-hydroxylation sites is 1. The molecule has 5 heteroatoms. The number of nitrogens with one attached hydrogen (secondary N) is 2. The first kappa shape index (κ1) is 16.2. The van der Waals surface area contributed by atoms with Gasteiger partial charge in [-0.3, -0.25) is 9.59 Å². The van der Waals surface area contributed by atoms with Crippen molar-refractivity contribution in [2.24, 2.45) is 5.73 Å². The van der Waals surface area contributed by atoms with Crippen molar-refractivity contribution < 1.29 is 9.59 Å². The number of carbonyl (C=O) groups is 2. The average molecular weight is 277 g/mol. The van der Waals surface area contributed by atoms with Gasteiger partial charge in [0.25, 0.3) is 5.91 Å². The number of benzene rings is 1. The summed E-state index contributed by atoms with van der Waals surface area (Å²) in [5.74, 6) is -0.375. The fraction of sp³-hybridized carbons (Fsp3) is 0.467. The molecule has 0 aliphatic heterocycles. The molecule has 4 N–H and O–H groups in total. The third kappa shape index (κ3) is 5.01. The van der Waals surface area contributed by atoms with Gasteiger partial charge in [0, 0.05) is 18.5 Å². The third-order valence-electron chi connectivity index (χ3n) is 2.94. The number of amides is 2. The minimum absolute atomic E-state index is 0.0929. The summed E-state index contributed by atoms with van der Waals surface area (Å²) in [6, 6.07) is 6.84.